The second-order valence-electron chi connectivity index (χ2n) is 4.42. The van der Waals surface area contributed by atoms with Crippen molar-refractivity contribution in [1.82, 2.24) is 4.90 Å². The Morgan fingerprint density at radius 1 is 1.17 bits per heavy atom. The van der Waals surface area contributed by atoms with Crippen LogP contribution in [0.25, 0.3) is 0 Å². The predicted molar refractivity (Wildman–Crippen MR) is 67.6 cm³/mol. The highest BCUT2D eigenvalue weighted by atomic mass is 35.5. The second-order valence-corrected chi connectivity index (χ2v) is 4.86. The maximum Gasteiger partial charge on any atom is 0.394 e. The third-order valence-corrected chi connectivity index (χ3v) is 3.56. The van der Waals surface area contributed by atoms with Crippen molar-refractivity contribution in [1.29, 1.82) is 0 Å². The van der Waals surface area contributed by atoms with Crippen molar-refractivity contribution in [3.05, 3.63) is 34.9 Å². The Morgan fingerprint density at radius 3 is 2.22 bits per heavy atom. The van der Waals surface area contributed by atoms with Crippen LogP contribution in [0, 0.1) is 0 Å². The zero-order chi connectivity index (χ0) is 13.1. The molecule has 0 spiro atoms. The summed E-state index contributed by atoms with van der Waals surface area (Å²) in [5.74, 6) is -1.80. The smallest absolute Gasteiger partial charge is 0.394 e. The molecule has 0 radical (unpaired) electrons. The number of piperidine rings is 1. The van der Waals surface area contributed by atoms with E-state index < -0.39 is 11.9 Å². The van der Waals surface area contributed by atoms with E-state index in [9.17, 15) is 9.59 Å². The second kappa shape index (κ2) is 5.40. The van der Waals surface area contributed by atoms with Gasteiger partial charge in [-0.25, -0.2) is 4.79 Å². The van der Waals surface area contributed by atoms with Gasteiger partial charge in [-0.15, -0.1) is 0 Å². The van der Waals surface area contributed by atoms with Gasteiger partial charge in [-0.1, -0.05) is 23.7 Å². The van der Waals surface area contributed by atoms with Crippen molar-refractivity contribution in [3.8, 4) is 0 Å². The van der Waals surface area contributed by atoms with Crippen LogP contribution in [0.5, 0.6) is 0 Å². The number of halogens is 1. The fraction of sp³-hybridized carbons (Fsp3) is 0.385. The number of rotatable bonds is 1. The van der Waals surface area contributed by atoms with E-state index in [1.807, 2.05) is 24.3 Å². The van der Waals surface area contributed by atoms with Crippen LogP contribution in [0.3, 0.4) is 0 Å². The molecule has 0 bridgehead atoms. The fourth-order valence-electron chi connectivity index (χ4n) is 2.29. The molecule has 4 nitrogen and oxygen atoms in total. The van der Waals surface area contributed by atoms with Crippen LogP contribution < -0.4 is 0 Å². The number of benzene rings is 1. The summed E-state index contributed by atoms with van der Waals surface area (Å²) in [4.78, 5) is 23.3. The van der Waals surface area contributed by atoms with E-state index in [0.29, 0.717) is 24.0 Å². The number of likely N-dealkylation sites (tertiary alicyclic amines) is 1. The standard InChI is InChI=1S/C13H14ClNO3/c14-11-3-1-9(2-4-11)10-5-7-15(8-6-10)12(16)13(17)18/h1-4,10H,5-8H2,(H,17,18). The summed E-state index contributed by atoms with van der Waals surface area (Å²) >= 11 is 5.83. The minimum atomic E-state index is -1.38. The van der Waals surface area contributed by atoms with Gasteiger partial charge >= 0.3 is 11.9 Å². The highest BCUT2D eigenvalue weighted by molar-refractivity contribution is 6.31. The Kier molecular flexibility index (Phi) is 3.87. The van der Waals surface area contributed by atoms with E-state index in [1.54, 1.807) is 0 Å². The molecule has 1 aliphatic rings. The minimum Gasteiger partial charge on any atom is -0.474 e. The van der Waals surface area contributed by atoms with Crippen molar-refractivity contribution in [2.45, 2.75) is 18.8 Å². The summed E-state index contributed by atoms with van der Waals surface area (Å²) in [5.41, 5.74) is 1.20. The summed E-state index contributed by atoms with van der Waals surface area (Å²) in [7, 11) is 0. The molecule has 1 fully saturated rings. The number of nitrogens with zero attached hydrogens (tertiary/aromatic N) is 1. The molecule has 1 aromatic rings. The van der Waals surface area contributed by atoms with Crippen LogP contribution in [0.4, 0.5) is 0 Å². The number of carboxylic acid groups (broad SMARTS) is 1. The van der Waals surface area contributed by atoms with Crippen LogP contribution in [0.15, 0.2) is 24.3 Å². The summed E-state index contributed by atoms with van der Waals surface area (Å²) in [6.45, 7) is 0.997. The molecule has 96 valence electrons. The summed E-state index contributed by atoms with van der Waals surface area (Å²) in [5, 5.41) is 9.35. The molecule has 1 heterocycles. The molecule has 0 saturated carbocycles. The monoisotopic (exact) mass is 267 g/mol. The number of hydrogen-bond acceptors (Lipinski definition) is 2. The van der Waals surface area contributed by atoms with Crippen molar-refractivity contribution in [2.24, 2.45) is 0 Å². The number of hydrogen-bond donors (Lipinski definition) is 1. The van der Waals surface area contributed by atoms with E-state index in [0.717, 1.165) is 12.8 Å². The average molecular weight is 268 g/mol. The molecule has 0 aromatic heterocycles. The van der Waals surface area contributed by atoms with E-state index >= 15 is 0 Å². The van der Waals surface area contributed by atoms with Crippen LogP contribution in [-0.2, 0) is 9.59 Å². The first kappa shape index (κ1) is 12.9. The van der Waals surface area contributed by atoms with Gasteiger partial charge in [-0.2, -0.15) is 0 Å². The first-order valence-electron chi connectivity index (χ1n) is 5.85. The maximum absolute atomic E-state index is 11.3. The summed E-state index contributed by atoms with van der Waals surface area (Å²) in [6, 6.07) is 7.68. The molecule has 5 heteroatoms. The van der Waals surface area contributed by atoms with Crippen LogP contribution in [0.1, 0.15) is 24.3 Å². The Morgan fingerprint density at radius 2 is 1.72 bits per heavy atom. The van der Waals surface area contributed by atoms with Crippen LogP contribution >= 0.6 is 11.6 Å². The van der Waals surface area contributed by atoms with Gasteiger partial charge in [0.15, 0.2) is 0 Å². The Labute approximate surface area is 110 Å². The zero-order valence-electron chi connectivity index (χ0n) is 9.80. The molecule has 1 amide bonds. The van der Waals surface area contributed by atoms with E-state index in [4.69, 9.17) is 16.7 Å². The van der Waals surface area contributed by atoms with Crippen molar-refractivity contribution >= 4 is 23.5 Å². The Balaban J connectivity index is 1.96. The molecule has 0 aliphatic carbocycles. The Hall–Kier alpha value is -1.55. The molecule has 1 aliphatic heterocycles. The van der Waals surface area contributed by atoms with Gasteiger partial charge in [-0.05, 0) is 36.5 Å². The van der Waals surface area contributed by atoms with Gasteiger partial charge in [0.25, 0.3) is 0 Å². The molecule has 1 N–H and O–H groups in total. The Bertz CT molecular complexity index is 450. The van der Waals surface area contributed by atoms with Crippen molar-refractivity contribution < 1.29 is 14.7 Å². The van der Waals surface area contributed by atoms with Crippen molar-refractivity contribution in [2.75, 3.05) is 13.1 Å². The molecular formula is C13H14ClNO3. The quantitative estimate of drug-likeness (QED) is 0.793. The molecule has 0 unspecified atom stereocenters. The van der Waals surface area contributed by atoms with Crippen molar-refractivity contribution in [3.63, 3.8) is 0 Å². The topological polar surface area (TPSA) is 57.6 Å². The highest BCUT2D eigenvalue weighted by Crippen LogP contribution is 2.28. The molecule has 1 saturated heterocycles. The SMILES string of the molecule is O=C(O)C(=O)N1CCC(c2ccc(Cl)cc2)CC1. The van der Waals surface area contributed by atoms with Gasteiger partial charge < -0.3 is 10.0 Å². The first-order chi connectivity index (χ1) is 8.58. The molecule has 0 atom stereocenters. The van der Waals surface area contributed by atoms with E-state index in [2.05, 4.69) is 0 Å². The maximum atomic E-state index is 11.3. The highest BCUT2D eigenvalue weighted by Gasteiger charge is 2.27. The predicted octanol–water partition coefficient (Wildman–Crippen LogP) is 2.13. The van der Waals surface area contributed by atoms with Gasteiger partial charge in [0.05, 0.1) is 0 Å². The lowest BCUT2D eigenvalue weighted by molar-refractivity contribution is -0.156. The normalized spacial score (nSPS) is 16.6. The lowest BCUT2D eigenvalue weighted by atomic mass is 9.89. The molecule has 2 rings (SSSR count). The third kappa shape index (κ3) is 2.82. The van der Waals surface area contributed by atoms with Crippen LogP contribution in [0.2, 0.25) is 5.02 Å². The average Bonchev–Trinajstić information content (AvgIpc) is 2.39. The summed E-state index contributed by atoms with van der Waals surface area (Å²) in [6.07, 6.45) is 1.58. The van der Waals surface area contributed by atoms with Gasteiger partial charge in [-0.3, -0.25) is 4.79 Å². The van der Waals surface area contributed by atoms with E-state index in [-0.39, 0.29) is 0 Å². The van der Waals surface area contributed by atoms with E-state index in [1.165, 1.54) is 10.5 Å². The molecule has 1 aromatic carbocycles. The number of carbonyl (C=O) groups excluding carboxylic acids is 1. The minimum absolute atomic E-state index is 0.375. The van der Waals surface area contributed by atoms with Gasteiger partial charge in [0.2, 0.25) is 0 Å². The fourth-order valence-corrected chi connectivity index (χ4v) is 2.41. The third-order valence-electron chi connectivity index (χ3n) is 3.31. The lowest BCUT2D eigenvalue weighted by Crippen LogP contribution is -2.41. The largest absolute Gasteiger partial charge is 0.474 e. The number of amides is 1. The number of aliphatic carboxylic acids is 1. The summed E-state index contributed by atoms with van der Waals surface area (Å²) < 4.78 is 0. The number of carbonyl (C=O) groups is 2. The van der Waals surface area contributed by atoms with Gasteiger partial charge in [0, 0.05) is 18.1 Å². The van der Waals surface area contributed by atoms with Crippen LogP contribution in [-0.4, -0.2) is 35.0 Å². The molecular weight excluding hydrogens is 254 g/mol. The lowest BCUT2D eigenvalue weighted by Gasteiger charge is -2.31. The zero-order valence-corrected chi connectivity index (χ0v) is 10.6. The van der Waals surface area contributed by atoms with Gasteiger partial charge in [0.1, 0.15) is 0 Å². The number of carboxylic acids is 1. The first-order valence-corrected chi connectivity index (χ1v) is 6.23. The molecule has 18 heavy (non-hydrogen) atoms.